The minimum Gasteiger partial charge on any atom is -0.352 e. The van der Waals surface area contributed by atoms with Crippen molar-refractivity contribution in [2.45, 2.75) is 79.0 Å². The van der Waals surface area contributed by atoms with Crippen LogP contribution in [0.4, 0.5) is 35.0 Å². The van der Waals surface area contributed by atoms with Crippen LogP contribution in [0.15, 0.2) is 140 Å². The highest BCUT2D eigenvalue weighted by atomic mass is 32.2. The molecule has 0 radical (unpaired) electrons. The SMILES string of the molecule is C=CC(=O)N1CCN(c2nc(=O)n3c4c(c(-c5ccc(F)c6cnn(C)c56)c(C)cc24)SCC3CN2CC(F)C2)CC1.C=CC(=O)N1CCN(c2nc(=O)n3c4c(c(-c5ccc(F)c6cnn(C)c56)c(C)cc24)SCC3CN2CCC2)CC1.C=CC(=O)N1CCN(c2nc(=O)n3c4c(c(-c5ccc(F)c6cnn(C)c56)c(C)cc24)SCC3CN2CCCC2)CC1. The lowest BCUT2D eigenvalue weighted by Gasteiger charge is -2.40. The molecule has 3 unspecified atom stereocenters. The molecular weight excluding hydrogens is 1660 g/mol. The molecule has 9 aliphatic rings. The first-order valence-corrected chi connectivity index (χ1v) is 45.7. The van der Waals surface area contributed by atoms with Gasteiger partial charge in [-0.15, -0.1) is 35.3 Å². The summed E-state index contributed by atoms with van der Waals surface area (Å²) in [6, 6.07) is 16.1. The van der Waals surface area contributed by atoms with E-state index in [2.05, 4.69) is 96.6 Å². The van der Waals surface area contributed by atoms with Crippen molar-refractivity contribution in [3.05, 3.63) is 177 Å². The summed E-state index contributed by atoms with van der Waals surface area (Å²) < 4.78 is 68.8. The molecule has 3 amide bonds. The maximum absolute atomic E-state index is 14.8. The van der Waals surface area contributed by atoms with Gasteiger partial charge in [-0.25, -0.2) is 31.9 Å². The van der Waals surface area contributed by atoms with Gasteiger partial charge in [-0.2, -0.15) is 30.2 Å². The van der Waals surface area contributed by atoms with E-state index in [1.807, 2.05) is 47.2 Å². The summed E-state index contributed by atoms with van der Waals surface area (Å²) in [5, 5.41) is 17.2. The van der Waals surface area contributed by atoms with Crippen molar-refractivity contribution >= 4 is 136 Å². The number of hydrogen-bond donors (Lipinski definition) is 0. The van der Waals surface area contributed by atoms with Crippen LogP contribution < -0.4 is 31.8 Å². The fourth-order valence-electron chi connectivity index (χ4n) is 20.0. The Morgan fingerprint density at radius 1 is 0.400 bits per heavy atom. The Bertz CT molecular complexity index is 6660. The van der Waals surface area contributed by atoms with E-state index < -0.39 is 6.17 Å². The smallest absolute Gasteiger partial charge is 0.350 e. The summed E-state index contributed by atoms with van der Waals surface area (Å²) in [4.78, 5) is 114. The molecule has 27 nitrogen and oxygen atoms in total. The van der Waals surface area contributed by atoms with Gasteiger partial charge in [0.2, 0.25) is 17.7 Å². The van der Waals surface area contributed by atoms with Gasteiger partial charge < -0.3 is 39.2 Å². The van der Waals surface area contributed by atoms with Crippen LogP contribution >= 0.6 is 35.3 Å². The molecule has 6 fully saturated rings. The first-order chi connectivity index (χ1) is 60.4. The van der Waals surface area contributed by atoms with Gasteiger partial charge >= 0.3 is 17.1 Å². The minimum atomic E-state index is -0.827. The second kappa shape index (κ2) is 33.6. The van der Waals surface area contributed by atoms with E-state index in [0.717, 1.165) is 159 Å². The lowest BCUT2D eigenvalue weighted by molar-refractivity contribution is -0.127. The number of aromatic nitrogens is 12. The molecule has 6 aromatic heterocycles. The highest BCUT2D eigenvalue weighted by Crippen LogP contribution is 2.52. The molecule has 3 atom stereocenters. The number of piperazine rings is 3. The summed E-state index contributed by atoms with van der Waals surface area (Å²) in [6.07, 6.45) is 11.4. The van der Waals surface area contributed by atoms with E-state index in [9.17, 15) is 46.3 Å². The van der Waals surface area contributed by atoms with Crippen LogP contribution in [0, 0.1) is 38.2 Å². The fraction of sp³-hybridized carbons (Fsp3) is 0.407. The van der Waals surface area contributed by atoms with Crippen LogP contribution in [0.1, 0.15) is 54.1 Å². The Kier molecular flexibility index (Phi) is 22.4. The average molecular weight is 1750 g/mol. The number of rotatable bonds is 15. The molecule has 0 spiro atoms. The number of aryl methyl sites for hydroxylation is 6. The Hall–Kier alpha value is -11.2. The summed E-state index contributed by atoms with van der Waals surface area (Å²) in [5.74, 6) is 2.87. The number of halogens is 4. The fourth-order valence-corrected chi connectivity index (χ4v) is 24.2. The normalized spacial score (nSPS) is 19.3. The molecule has 15 heterocycles. The first kappa shape index (κ1) is 83.4. The molecule has 0 aliphatic carbocycles. The van der Waals surface area contributed by atoms with Crippen molar-refractivity contribution in [2.24, 2.45) is 21.1 Å². The Morgan fingerprint density at radius 2 is 0.688 bits per heavy atom. The molecule has 6 saturated heterocycles. The van der Waals surface area contributed by atoms with Gasteiger partial charge in [0.1, 0.15) is 41.1 Å². The number of carbonyl (C=O) groups excluding carboxylic acids is 3. The first-order valence-electron chi connectivity index (χ1n) is 42.8. The molecule has 0 N–H and O–H groups in total. The molecule has 9 aliphatic heterocycles. The Labute approximate surface area is 730 Å². The third kappa shape index (κ3) is 14.7. The number of carbonyl (C=O) groups is 3. The van der Waals surface area contributed by atoms with Crippen LogP contribution in [0.2, 0.25) is 0 Å². The zero-order valence-corrected chi connectivity index (χ0v) is 73.2. The van der Waals surface area contributed by atoms with E-state index in [1.165, 1.54) is 55.7 Å². The lowest BCUT2D eigenvalue weighted by Crippen LogP contribution is -2.52. The van der Waals surface area contributed by atoms with Crippen molar-refractivity contribution < 1.29 is 31.9 Å². The summed E-state index contributed by atoms with van der Waals surface area (Å²) in [7, 11) is 5.47. The van der Waals surface area contributed by atoms with Crippen molar-refractivity contribution in [3.8, 4) is 33.4 Å². The highest BCUT2D eigenvalue weighted by Gasteiger charge is 2.40. The third-order valence-electron chi connectivity index (χ3n) is 26.4. The van der Waals surface area contributed by atoms with Crippen LogP contribution in [0.25, 0.3) is 98.8 Å². The molecule has 648 valence electrons. The van der Waals surface area contributed by atoms with E-state index in [4.69, 9.17) is 9.97 Å². The molecule has 12 aromatic rings. The highest BCUT2D eigenvalue weighted by molar-refractivity contribution is 8.00. The maximum Gasteiger partial charge on any atom is 0.350 e. The van der Waals surface area contributed by atoms with Gasteiger partial charge in [0, 0.05) is 214 Å². The van der Waals surface area contributed by atoms with Gasteiger partial charge in [0.25, 0.3) is 0 Å². The number of nitrogens with zero attached hydrogens (tertiary/aromatic N) is 21. The van der Waals surface area contributed by atoms with E-state index in [-0.39, 0.29) is 70.4 Å². The second-order valence-electron chi connectivity index (χ2n) is 33.9. The Morgan fingerprint density at radius 3 is 0.960 bits per heavy atom. The van der Waals surface area contributed by atoms with Crippen LogP contribution in [0.5, 0.6) is 0 Å². The number of fused-ring (bicyclic) bond motifs is 3. The van der Waals surface area contributed by atoms with Crippen molar-refractivity contribution in [2.75, 3.05) is 169 Å². The monoisotopic (exact) mass is 1750 g/mol. The quantitative estimate of drug-likeness (QED) is 0.0684. The molecule has 6 aromatic carbocycles. The molecule has 0 bridgehead atoms. The zero-order valence-electron chi connectivity index (χ0n) is 70.8. The third-order valence-corrected chi connectivity index (χ3v) is 30.1. The standard InChI is InChI=1S/C31H34FN7O2S.C30H31F2N7O2S.C30H32FN7O2S/c1-4-25(40)37-11-13-38(14-12-37)30-22-15-19(2)26(21-7-8-24(32)23-16-33-35(3)27(21)23)29-28(22)39(31(41)34-30)20(18-42-29)17-36-9-5-6-10-36;1-4-24(40)37-7-9-38(10-8-37)29-21-11-17(2)25(20-5-6-23(32)22-12-33-35(3)26(20)22)28-27(21)39(30(41)34-29)19(16-42-28)15-36-13-18(31)14-36;1-4-24(39)36-10-12-37(13-11-36)29-21-14-18(2)25(20-6-7-23(31)22-15-32-34(3)26(20)22)28-27(21)38(30(40)33-29)19(17-41-28)16-35-8-5-9-35/h4,7-8,15-16,20H,1,5-6,9-14,17-18H2,2-3H3;4-6,11-12,18-19H,1,7-10,13-16H2,2-3H3;4,6-7,14-15,19H,1,5,8-13,16-17H2,2-3H3. The van der Waals surface area contributed by atoms with E-state index >= 15 is 0 Å². The van der Waals surface area contributed by atoms with Crippen molar-refractivity contribution in [1.29, 1.82) is 0 Å². The van der Waals surface area contributed by atoms with Gasteiger partial charge in [-0.05, 0) is 156 Å². The predicted molar refractivity (Wildman–Crippen MR) is 486 cm³/mol. The number of benzene rings is 6. The topological polar surface area (TPSA) is 239 Å². The lowest BCUT2D eigenvalue weighted by atomic mass is 9.95. The predicted octanol–water partition coefficient (Wildman–Crippen LogP) is 11.1. The maximum atomic E-state index is 14.8. The number of amides is 3. The number of hydrogen-bond acceptors (Lipinski definition) is 21. The second-order valence-corrected chi connectivity index (χ2v) is 37.0. The van der Waals surface area contributed by atoms with E-state index in [1.54, 1.807) is 100 Å². The average Bonchev–Trinajstić information content (AvgIpc) is 1.30. The van der Waals surface area contributed by atoms with Crippen molar-refractivity contribution in [3.63, 3.8) is 0 Å². The molecule has 21 rings (SSSR count). The van der Waals surface area contributed by atoms with Gasteiger partial charge in [-0.3, -0.25) is 47.0 Å². The summed E-state index contributed by atoms with van der Waals surface area (Å²) >= 11 is 5.24. The molecule has 125 heavy (non-hydrogen) atoms. The number of alkyl halides is 1. The number of likely N-dealkylation sites (tertiary alicyclic amines) is 3. The Balaban J connectivity index is 0.000000123. The van der Waals surface area contributed by atoms with Gasteiger partial charge in [-0.1, -0.05) is 19.7 Å². The summed E-state index contributed by atoms with van der Waals surface area (Å²) in [6.45, 7) is 30.8. The molecule has 0 saturated carbocycles. The summed E-state index contributed by atoms with van der Waals surface area (Å²) in [5.41, 5.74) is 12.6. The minimum absolute atomic E-state index is 0.000272. The van der Waals surface area contributed by atoms with Crippen molar-refractivity contribution in [1.82, 2.24) is 87.4 Å². The zero-order chi connectivity index (χ0) is 86.8. The number of anilines is 3. The van der Waals surface area contributed by atoms with Crippen LogP contribution in [0.3, 0.4) is 0 Å². The van der Waals surface area contributed by atoms with E-state index in [0.29, 0.717) is 143 Å². The number of thioether (sulfide) groups is 3. The molecular formula is C91H97F4N21O6S3. The van der Waals surface area contributed by atoms with Gasteiger partial charge in [0.15, 0.2) is 0 Å². The largest absolute Gasteiger partial charge is 0.352 e. The van der Waals surface area contributed by atoms with Crippen LogP contribution in [-0.2, 0) is 35.5 Å². The van der Waals surface area contributed by atoms with Crippen LogP contribution in [-0.4, -0.2) is 266 Å². The molecule has 34 heteroatoms. The van der Waals surface area contributed by atoms with Gasteiger partial charge in [0.05, 0.1) is 86.0 Å².